The molecule has 0 aliphatic heterocycles. The Morgan fingerprint density at radius 1 is 1.14 bits per heavy atom. The summed E-state index contributed by atoms with van der Waals surface area (Å²) in [6.45, 7) is 6.62. The number of halogens is 1. The van der Waals surface area contributed by atoms with E-state index in [0.29, 0.717) is 16.3 Å². The molecule has 156 valence electrons. The van der Waals surface area contributed by atoms with Crippen molar-refractivity contribution >= 4 is 33.4 Å². The van der Waals surface area contributed by atoms with Gasteiger partial charge in [0.15, 0.2) is 5.78 Å². The van der Waals surface area contributed by atoms with Crippen LogP contribution in [-0.2, 0) is 14.8 Å². The maximum absolute atomic E-state index is 12.7. The number of benzene rings is 2. The summed E-state index contributed by atoms with van der Waals surface area (Å²) in [6.07, 6.45) is 0. The number of hydrogen-bond donors (Lipinski definition) is 0. The van der Waals surface area contributed by atoms with Crippen LogP contribution in [0.4, 0.5) is 0 Å². The number of likely N-dealkylation sites (N-methyl/N-ethyl adjacent to an activating group) is 1. The Hall–Kier alpha value is -2.22. The molecule has 2 rings (SSSR count). The second kappa shape index (κ2) is 9.07. The average molecular weight is 438 g/mol. The third-order valence-corrected chi connectivity index (χ3v) is 6.68. The molecule has 0 saturated carbocycles. The zero-order valence-electron chi connectivity index (χ0n) is 17.0. The quantitative estimate of drug-likeness (QED) is 0.368. The Morgan fingerprint density at radius 2 is 1.72 bits per heavy atom. The minimum absolute atomic E-state index is 0.0111. The standard InChI is InChI=1S/C21H24ClNO5S/c1-13(2)18-11-19(22)14(3)10-20(18)28-21(25)12-23(5)29(26,27)17-8-6-16(7-9-17)15(4)24/h6-11,13H,12H2,1-5H3. The minimum atomic E-state index is -3.91. The molecule has 0 atom stereocenters. The number of carbonyl (C=O) groups is 2. The van der Waals surface area contributed by atoms with Gasteiger partial charge in [0, 0.05) is 17.6 Å². The van der Waals surface area contributed by atoms with E-state index in [-0.39, 0.29) is 16.6 Å². The van der Waals surface area contributed by atoms with Crippen molar-refractivity contribution in [1.29, 1.82) is 0 Å². The first-order valence-corrected chi connectivity index (χ1v) is 10.8. The van der Waals surface area contributed by atoms with E-state index in [2.05, 4.69) is 0 Å². The molecule has 0 N–H and O–H groups in total. The summed E-state index contributed by atoms with van der Waals surface area (Å²) in [4.78, 5) is 23.7. The van der Waals surface area contributed by atoms with Crippen molar-refractivity contribution in [3.05, 3.63) is 58.1 Å². The molecule has 0 saturated heterocycles. The van der Waals surface area contributed by atoms with Crippen molar-refractivity contribution in [3.63, 3.8) is 0 Å². The van der Waals surface area contributed by atoms with Crippen molar-refractivity contribution in [2.24, 2.45) is 0 Å². The predicted molar refractivity (Wildman–Crippen MR) is 112 cm³/mol. The maximum atomic E-state index is 12.7. The summed E-state index contributed by atoms with van der Waals surface area (Å²) in [7, 11) is -2.61. The van der Waals surface area contributed by atoms with Crippen molar-refractivity contribution < 1.29 is 22.7 Å². The van der Waals surface area contributed by atoms with Crippen LogP contribution in [0.1, 0.15) is 48.2 Å². The number of ketones is 1. The summed E-state index contributed by atoms with van der Waals surface area (Å²) in [6, 6.07) is 8.98. The van der Waals surface area contributed by atoms with Crippen LogP contribution in [0, 0.1) is 6.92 Å². The van der Waals surface area contributed by atoms with Crippen LogP contribution in [0.2, 0.25) is 5.02 Å². The number of hydrogen-bond acceptors (Lipinski definition) is 5. The highest BCUT2D eigenvalue weighted by Gasteiger charge is 2.24. The summed E-state index contributed by atoms with van der Waals surface area (Å²) < 4.78 is 31.7. The third-order valence-electron chi connectivity index (χ3n) is 4.46. The van der Waals surface area contributed by atoms with E-state index in [1.165, 1.54) is 38.2 Å². The Bertz CT molecular complexity index is 1030. The van der Waals surface area contributed by atoms with Crippen LogP contribution in [0.3, 0.4) is 0 Å². The molecular weight excluding hydrogens is 414 g/mol. The molecule has 0 aliphatic carbocycles. The highest BCUT2D eigenvalue weighted by atomic mass is 35.5. The largest absolute Gasteiger partial charge is 0.425 e. The zero-order chi connectivity index (χ0) is 21.9. The molecule has 0 aromatic heterocycles. The number of rotatable bonds is 7. The fourth-order valence-corrected chi connectivity index (χ4v) is 3.96. The number of esters is 1. The molecule has 0 aliphatic rings. The minimum Gasteiger partial charge on any atom is -0.425 e. The monoisotopic (exact) mass is 437 g/mol. The summed E-state index contributed by atoms with van der Waals surface area (Å²) in [5.41, 5.74) is 1.93. The lowest BCUT2D eigenvalue weighted by Gasteiger charge is -2.18. The zero-order valence-corrected chi connectivity index (χ0v) is 18.6. The first kappa shape index (κ1) is 23.1. The molecular formula is C21H24ClNO5S. The van der Waals surface area contributed by atoms with Crippen molar-refractivity contribution in [1.82, 2.24) is 4.31 Å². The van der Waals surface area contributed by atoms with Crippen LogP contribution < -0.4 is 4.74 Å². The van der Waals surface area contributed by atoms with E-state index in [9.17, 15) is 18.0 Å². The van der Waals surface area contributed by atoms with Crippen molar-refractivity contribution in [2.75, 3.05) is 13.6 Å². The molecule has 0 bridgehead atoms. The van der Waals surface area contributed by atoms with E-state index >= 15 is 0 Å². The number of sulfonamides is 1. The Balaban J connectivity index is 2.18. The van der Waals surface area contributed by atoms with E-state index in [1.807, 2.05) is 13.8 Å². The smallest absolute Gasteiger partial charge is 0.326 e. The molecule has 0 unspecified atom stereocenters. The van der Waals surface area contributed by atoms with Gasteiger partial charge >= 0.3 is 5.97 Å². The Morgan fingerprint density at radius 3 is 2.24 bits per heavy atom. The molecule has 0 radical (unpaired) electrons. The van der Waals surface area contributed by atoms with Gasteiger partial charge in [-0.15, -0.1) is 0 Å². The molecule has 2 aromatic carbocycles. The maximum Gasteiger partial charge on any atom is 0.326 e. The van der Waals surface area contributed by atoms with E-state index in [1.54, 1.807) is 19.1 Å². The first-order chi connectivity index (χ1) is 13.4. The SMILES string of the molecule is CC(=O)c1ccc(S(=O)(=O)N(C)CC(=O)Oc2cc(C)c(Cl)cc2C(C)C)cc1. The van der Waals surface area contributed by atoms with Crippen LogP contribution >= 0.6 is 11.6 Å². The third kappa shape index (κ3) is 5.44. The highest BCUT2D eigenvalue weighted by Crippen LogP contribution is 2.32. The Labute approximate surface area is 176 Å². The fraction of sp³-hybridized carbons (Fsp3) is 0.333. The van der Waals surface area contributed by atoms with Gasteiger partial charge in [0.1, 0.15) is 12.3 Å². The molecule has 0 spiro atoms. The highest BCUT2D eigenvalue weighted by molar-refractivity contribution is 7.89. The van der Waals surface area contributed by atoms with Crippen LogP contribution in [-0.4, -0.2) is 38.1 Å². The van der Waals surface area contributed by atoms with Gasteiger partial charge in [-0.3, -0.25) is 9.59 Å². The van der Waals surface area contributed by atoms with Crippen molar-refractivity contribution in [3.8, 4) is 5.75 Å². The van der Waals surface area contributed by atoms with Gasteiger partial charge in [-0.25, -0.2) is 8.42 Å². The fourth-order valence-electron chi connectivity index (χ4n) is 2.67. The van der Waals surface area contributed by atoms with Gasteiger partial charge in [0.25, 0.3) is 0 Å². The van der Waals surface area contributed by atoms with Crippen LogP contribution in [0.5, 0.6) is 5.75 Å². The normalized spacial score (nSPS) is 11.7. The van der Waals surface area contributed by atoms with E-state index in [4.69, 9.17) is 16.3 Å². The summed E-state index contributed by atoms with van der Waals surface area (Å²) >= 11 is 6.16. The number of aryl methyl sites for hydroxylation is 1. The topological polar surface area (TPSA) is 80.8 Å². The van der Waals surface area contributed by atoms with Gasteiger partial charge < -0.3 is 4.74 Å². The Kier molecular flexibility index (Phi) is 7.21. The van der Waals surface area contributed by atoms with Gasteiger partial charge in [-0.1, -0.05) is 37.6 Å². The van der Waals surface area contributed by atoms with Gasteiger partial charge in [-0.05, 0) is 55.2 Å². The van der Waals surface area contributed by atoms with Crippen LogP contribution in [0.15, 0.2) is 41.3 Å². The summed E-state index contributed by atoms with van der Waals surface area (Å²) in [5.74, 6) is -0.439. The molecule has 2 aromatic rings. The molecule has 8 heteroatoms. The molecule has 6 nitrogen and oxygen atoms in total. The van der Waals surface area contributed by atoms with E-state index < -0.39 is 22.5 Å². The molecule has 29 heavy (non-hydrogen) atoms. The molecule has 0 fully saturated rings. The van der Waals surface area contributed by atoms with Crippen molar-refractivity contribution in [2.45, 2.75) is 38.5 Å². The lowest BCUT2D eigenvalue weighted by molar-refractivity contribution is -0.134. The van der Waals surface area contributed by atoms with Gasteiger partial charge in [0.05, 0.1) is 4.90 Å². The lowest BCUT2D eigenvalue weighted by atomic mass is 10.0. The number of ether oxygens (including phenoxy) is 1. The van der Waals surface area contributed by atoms with E-state index in [0.717, 1.165) is 15.4 Å². The number of carbonyl (C=O) groups excluding carboxylic acids is 2. The molecule has 0 amide bonds. The second-order valence-electron chi connectivity index (χ2n) is 7.11. The first-order valence-electron chi connectivity index (χ1n) is 9.01. The predicted octanol–water partition coefficient (Wildman–Crippen LogP) is 4.20. The van der Waals surface area contributed by atoms with Gasteiger partial charge in [0.2, 0.25) is 10.0 Å². The average Bonchev–Trinajstić information content (AvgIpc) is 2.64. The second-order valence-corrected chi connectivity index (χ2v) is 9.56. The molecule has 0 heterocycles. The summed E-state index contributed by atoms with van der Waals surface area (Å²) in [5, 5.41) is 0.571. The lowest BCUT2D eigenvalue weighted by Crippen LogP contribution is -2.34. The number of Topliss-reactive ketones (excluding diaryl/α,β-unsaturated/α-hetero) is 1. The van der Waals surface area contributed by atoms with Crippen LogP contribution in [0.25, 0.3) is 0 Å². The number of nitrogens with zero attached hydrogens (tertiary/aromatic N) is 1. The van der Waals surface area contributed by atoms with Gasteiger partial charge in [-0.2, -0.15) is 4.31 Å².